The number of hydrogen-bond donors (Lipinski definition) is 0. The molecule has 0 amide bonds. The van der Waals surface area contributed by atoms with Gasteiger partial charge in [-0.05, 0) is 62.6 Å². The van der Waals surface area contributed by atoms with Crippen LogP contribution < -0.4 is 4.90 Å². The number of rotatable bonds is 4. The van der Waals surface area contributed by atoms with Crippen LogP contribution in [0.4, 0.5) is 10.2 Å². The van der Waals surface area contributed by atoms with E-state index in [0.717, 1.165) is 81.9 Å². The van der Waals surface area contributed by atoms with E-state index in [1.165, 1.54) is 0 Å². The Bertz CT molecular complexity index is 1700. The maximum Gasteiger partial charge on any atom is 0.133 e. The number of benzene rings is 2. The van der Waals surface area contributed by atoms with Crippen LogP contribution in [0.5, 0.6) is 0 Å². The van der Waals surface area contributed by atoms with E-state index >= 15 is 4.39 Å². The van der Waals surface area contributed by atoms with Crippen LogP contribution in [0.2, 0.25) is 0 Å². The molecule has 1 saturated heterocycles. The monoisotopic (exact) mass is 509 g/mol. The van der Waals surface area contributed by atoms with E-state index in [1.807, 2.05) is 37.1 Å². The van der Waals surface area contributed by atoms with Crippen molar-refractivity contribution in [3.05, 3.63) is 77.5 Å². The summed E-state index contributed by atoms with van der Waals surface area (Å²) in [6.07, 6.45) is 3.74. The molecule has 0 unspecified atom stereocenters. The fourth-order valence-electron chi connectivity index (χ4n) is 5.51. The van der Waals surface area contributed by atoms with Gasteiger partial charge in [0.1, 0.15) is 17.3 Å². The van der Waals surface area contributed by atoms with Crippen LogP contribution in [0.3, 0.4) is 0 Å². The summed E-state index contributed by atoms with van der Waals surface area (Å²) in [7, 11) is 1.86. The number of anilines is 1. The molecule has 0 bridgehead atoms. The van der Waals surface area contributed by atoms with Gasteiger partial charge in [0, 0.05) is 61.5 Å². The first-order valence-corrected chi connectivity index (χ1v) is 13.0. The highest BCUT2D eigenvalue weighted by Crippen LogP contribution is 2.38. The lowest BCUT2D eigenvalue weighted by molar-refractivity contribution is 0.322. The van der Waals surface area contributed by atoms with E-state index in [4.69, 9.17) is 10.1 Å². The van der Waals surface area contributed by atoms with Gasteiger partial charge >= 0.3 is 0 Å². The van der Waals surface area contributed by atoms with Gasteiger partial charge in [-0.25, -0.2) is 14.1 Å². The van der Waals surface area contributed by atoms with E-state index < -0.39 is 0 Å². The van der Waals surface area contributed by atoms with Crippen molar-refractivity contribution in [1.29, 1.82) is 0 Å². The molecule has 0 spiro atoms. The Labute approximate surface area is 221 Å². The first-order chi connectivity index (χ1) is 18.2. The second kappa shape index (κ2) is 8.97. The highest BCUT2D eigenvalue weighted by atomic mass is 19.1. The van der Waals surface area contributed by atoms with Gasteiger partial charge in [0.15, 0.2) is 0 Å². The average Bonchev–Trinajstić information content (AvgIpc) is 3.48. The number of fused-ring (bicyclic) bond motifs is 2. The fraction of sp³-hybridized carbons (Fsp3) is 0.300. The molecule has 1 aliphatic heterocycles. The predicted molar refractivity (Wildman–Crippen MR) is 151 cm³/mol. The predicted octanol–water partition coefficient (Wildman–Crippen LogP) is 5.69. The SMILES string of the molecule is C=C(C)N1CCN(c2ccc(-n3nc(-c4c(F)cc(C)c5nn(C)cc45)c4ccc(C)c(C)c43)cn2)CC1. The molecule has 6 rings (SSSR count). The summed E-state index contributed by atoms with van der Waals surface area (Å²) in [4.78, 5) is 9.41. The van der Waals surface area contributed by atoms with Crippen LogP contribution in [0, 0.1) is 26.6 Å². The summed E-state index contributed by atoms with van der Waals surface area (Å²) in [5, 5.41) is 11.3. The summed E-state index contributed by atoms with van der Waals surface area (Å²) in [5.41, 5.74) is 7.85. The lowest BCUT2D eigenvalue weighted by Crippen LogP contribution is -2.45. The molecule has 0 atom stereocenters. The number of aryl methyl sites for hydroxylation is 4. The maximum absolute atomic E-state index is 15.6. The third-order valence-electron chi connectivity index (χ3n) is 7.78. The number of allylic oxidation sites excluding steroid dienone is 1. The van der Waals surface area contributed by atoms with Gasteiger partial charge in [-0.15, -0.1) is 0 Å². The van der Waals surface area contributed by atoms with E-state index in [-0.39, 0.29) is 5.82 Å². The molecule has 194 valence electrons. The molecule has 38 heavy (non-hydrogen) atoms. The molecule has 1 fully saturated rings. The van der Waals surface area contributed by atoms with Crippen molar-refractivity contribution in [2.24, 2.45) is 7.05 Å². The van der Waals surface area contributed by atoms with E-state index in [2.05, 4.69) is 60.4 Å². The van der Waals surface area contributed by atoms with Crippen molar-refractivity contribution >= 4 is 27.6 Å². The second-order valence-electron chi connectivity index (χ2n) is 10.4. The molecule has 3 aromatic heterocycles. The Balaban J connectivity index is 1.47. The Morgan fingerprint density at radius 3 is 2.39 bits per heavy atom. The average molecular weight is 510 g/mol. The van der Waals surface area contributed by atoms with Crippen LogP contribution in [0.1, 0.15) is 23.6 Å². The standard InChI is InChI=1S/C30H32FN7/c1-18(2)36-11-13-37(14-12-36)26-10-8-22(16-32-26)38-30-21(5)19(3)7-9-23(30)29(34-38)27-24-17-35(6)33-28(24)20(4)15-25(27)31/h7-10,15-17H,1,11-14H2,2-6H3. The number of nitrogens with zero attached hydrogens (tertiary/aromatic N) is 7. The minimum Gasteiger partial charge on any atom is -0.372 e. The Morgan fingerprint density at radius 2 is 1.71 bits per heavy atom. The molecular formula is C30H32FN7. The minimum atomic E-state index is -0.296. The highest BCUT2D eigenvalue weighted by molar-refractivity contribution is 6.04. The molecule has 4 heterocycles. The highest BCUT2D eigenvalue weighted by Gasteiger charge is 2.23. The van der Waals surface area contributed by atoms with Crippen LogP contribution in [-0.4, -0.2) is 55.6 Å². The number of piperazine rings is 1. The number of hydrogen-bond acceptors (Lipinski definition) is 5. The maximum atomic E-state index is 15.6. The number of halogens is 1. The van der Waals surface area contributed by atoms with Crippen molar-refractivity contribution in [2.45, 2.75) is 27.7 Å². The normalized spacial score (nSPS) is 14.2. The van der Waals surface area contributed by atoms with Crippen LogP contribution in [0.15, 0.2) is 55.0 Å². The van der Waals surface area contributed by atoms with Crippen molar-refractivity contribution in [3.63, 3.8) is 0 Å². The molecule has 7 nitrogen and oxygen atoms in total. The number of aromatic nitrogens is 5. The third-order valence-corrected chi connectivity index (χ3v) is 7.78. The van der Waals surface area contributed by atoms with Crippen molar-refractivity contribution in [2.75, 3.05) is 31.1 Å². The summed E-state index contributed by atoms with van der Waals surface area (Å²) < 4.78 is 19.3. The van der Waals surface area contributed by atoms with Gasteiger partial charge in [-0.3, -0.25) is 4.68 Å². The minimum absolute atomic E-state index is 0.296. The molecule has 2 aromatic carbocycles. The molecule has 0 aliphatic carbocycles. The number of pyridine rings is 1. The largest absolute Gasteiger partial charge is 0.372 e. The topological polar surface area (TPSA) is 55.0 Å². The lowest BCUT2D eigenvalue weighted by atomic mass is 9.98. The fourth-order valence-corrected chi connectivity index (χ4v) is 5.51. The second-order valence-corrected chi connectivity index (χ2v) is 10.4. The zero-order valence-corrected chi connectivity index (χ0v) is 22.6. The summed E-state index contributed by atoms with van der Waals surface area (Å²) in [6, 6.07) is 9.78. The molecule has 0 radical (unpaired) electrons. The van der Waals surface area contributed by atoms with Gasteiger partial charge in [0.2, 0.25) is 0 Å². The zero-order chi connectivity index (χ0) is 26.7. The Morgan fingerprint density at radius 1 is 0.947 bits per heavy atom. The Hall–Kier alpha value is -4.20. The lowest BCUT2D eigenvalue weighted by Gasteiger charge is -2.36. The van der Waals surface area contributed by atoms with Crippen LogP contribution in [0.25, 0.3) is 38.8 Å². The van der Waals surface area contributed by atoms with Crippen LogP contribution in [-0.2, 0) is 7.05 Å². The van der Waals surface area contributed by atoms with E-state index in [0.29, 0.717) is 11.3 Å². The van der Waals surface area contributed by atoms with Gasteiger partial charge < -0.3 is 9.80 Å². The van der Waals surface area contributed by atoms with Gasteiger partial charge in [-0.2, -0.15) is 10.2 Å². The summed E-state index contributed by atoms with van der Waals surface area (Å²) in [5.74, 6) is 0.650. The quantitative estimate of drug-likeness (QED) is 0.311. The third kappa shape index (κ3) is 3.83. The molecule has 1 aliphatic rings. The molecule has 8 heteroatoms. The first kappa shape index (κ1) is 24.2. The van der Waals surface area contributed by atoms with Crippen molar-refractivity contribution < 1.29 is 4.39 Å². The summed E-state index contributed by atoms with van der Waals surface area (Å²) >= 11 is 0. The zero-order valence-electron chi connectivity index (χ0n) is 22.6. The molecular weight excluding hydrogens is 477 g/mol. The molecule has 0 saturated carbocycles. The van der Waals surface area contributed by atoms with E-state index in [1.54, 1.807) is 10.7 Å². The van der Waals surface area contributed by atoms with Crippen LogP contribution >= 0.6 is 0 Å². The van der Waals surface area contributed by atoms with Crippen molar-refractivity contribution in [1.82, 2.24) is 29.4 Å². The smallest absolute Gasteiger partial charge is 0.133 e. The first-order valence-electron chi connectivity index (χ1n) is 13.0. The van der Waals surface area contributed by atoms with E-state index in [9.17, 15) is 0 Å². The van der Waals surface area contributed by atoms with Gasteiger partial charge in [-0.1, -0.05) is 18.7 Å². The molecule has 5 aromatic rings. The van der Waals surface area contributed by atoms with Gasteiger partial charge in [0.25, 0.3) is 0 Å². The van der Waals surface area contributed by atoms with Gasteiger partial charge in [0.05, 0.1) is 22.9 Å². The summed E-state index contributed by atoms with van der Waals surface area (Å²) in [6.45, 7) is 15.9. The Kier molecular flexibility index (Phi) is 5.70. The molecule has 0 N–H and O–H groups in total. The van der Waals surface area contributed by atoms with Crippen molar-refractivity contribution in [3.8, 4) is 16.9 Å².